The molecule has 2 amide bonds. The normalized spacial score (nSPS) is 13.7. The second-order valence-electron chi connectivity index (χ2n) is 7.17. The standard InChI is InChI=1S/C21H23BrN2O4S/c1-14-5-7-19(18(22)12-14)23-21(26)9-11-29(27,28)17-6-8-20-16(13-17)4-3-10-24(20)15(2)25/h5-8,12-13H,3-4,9-11H2,1-2H3,(H,23,26). The average molecular weight is 479 g/mol. The Labute approximate surface area is 179 Å². The molecule has 0 saturated carbocycles. The topological polar surface area (TPSA) is 83.6 Å². The third kappa shape index (κ3) is 5.05. The smallest absolute Gasteiger partial charge is 0.225 e. The maximum atomic E-state index is 12.7. The van der Waals surface area contributed by atoms with E-state index in [2.05, 4.69) is 21.2 Å². The van der Waals surface area contributed by atoms with E-state index in [0.717, 1.165) is 34.1 Å². The summed E-state index contributed by atoms with van der Waals surface area (Å²) in [6, 6.07) is 10.4. The molecule has 0 saturated heterocycles. The molecule has 1 N–H and O–H groups in total. The molecule has 3 rings (SSSR count). The van der Waals surface area contributed by atoms with E-state index in [0.29, 0.717) is 12.2 Å². The van der Waals surface area contributed by atoms with Crippen LogP contribution in [0.4, 0.5) is 11.4 Å². The van der Waals surface area contributed by atoms with Gasteiger partial charge in [0.1, 0.15) is 0 Å². The fourth-order valence-corrected chi connectivity index (χ4v) is 5.25. The van der Waals surface area contributed by atoms with Crippen LogP contribution in [-0.4, -0.2) is 32.5 Å². The number of aryl methyl sites for hydroxylation is 2. The average Bonchev–Trinajstić information content (AvgIpc) is 2.67. The van der Waals surface area contributed by atoms with E-state index in [9.17, 15) is 18.0 Å². The monoisotopic (exact) mass is 478 g/mol. The van der Waals surface area contributed by atoms with E-state index in [1.165, 1.54) is 13.0 Å². The fraction of sp³-hybridized carbons (Fsp3) is 0.333. The van der Waals surface area contributed by atoms with Gasteiger partial charge in [-0.25, -0.2) is 8.42 Å². The molecule has 0 unspecified atom stereocenters. The van der Waals surface area contributed by atoms with Crippen LogP contribution in [0.3, 0.4) is 0 Å². The molecule has 6 nitrogen and oxygen atoms in total. The molecular weight excluding hydrogens is 456 g/mol. The summed E-state index contributed by atoms with van der Waals surface area (Å²) in [5.74, 6) is -0.698. The van der Waals surface area contributed by atoms with Crippen molar-refractivity contribution in [1.29, 1.82) is 0 Å². The van der Waals surface area contributed by atoms with Crippen LogP contribution in [0.2, 0.25) is 0 Å². The van der Waals surface area contributed by atoms with Crippen molar-refractivity contribution in [3.05, 3.63) is 52.0 Å². The Morgan fingerprint density at radius 3 is 2.62 bits per heavy atom. The number of hydrogen-bond acceptors (Lipinski definition) is 4. The van der Waals surface area contributed by atoms with Crippen molar-refractivity contribution in [2.24, 2.45) is 0 Å². The highest BCUT2D eigenvalue weighted by atomic mass is 79.9. The largest absolute Gasteiger partial charge is 0.325 e. The Morgan fingerprint density at radius 2 is 1.93 bits per heavy atom. The van der Waals surface area contributed by atoms with Gasteiger partial charge in [0.15, 0.2) is 9.84 Å². The Morgan fingerprint density at radius 1 is 1.17 bits per heavy atom. The lowest BCUT2D eigenvalue weighted by Crippen LogP contribution is -2.33. The van der Waals surface area contributed by atoms with E-state index < -0.39 is 9.84 Å². The summed E-state index contributed by atoms with van der Waals surface area (Å²) >= 11 is 3.39. The molecule has 1 aliphatic rings. The maximum absolute atomic E-state index is 12.7. The Kier molecular flexibility index (Phi) is 6.43. The van der Waals surface area contributed by atoms with Gasteiger partial charge in [-0.2, -0.15) is 0 Å². The van der Waals surface area contributed by atoms with Crippen LogP contribution < -0.4 is 10.2 Å². The molecule has 1 aliphatic heterocycles. The van der Waals surface area contributed by atoms with Crippen LogP contribution in [0.5, 0.6) is 0 Å². The van der Waals surface area contributed by atoms with Gasteiger partial charge in [-0.15, -0.1) is 0 Å². The van der Waals surface area contributed by atoms with Crippen LogP contribution >= 0.6 is 15.9 Å². The van der Waals surface area contributed by atoms with Crippen molar-refractivity contribution < 1.29 is 18.0 Å². The van der Waals surface area contributed by atoms with Crippen LogP contribution in [-0.2, 0) is 25.8 Å². The molecule has 0 fully saturated rings. The van der Waals surface area contributed by atoms with Gasteiger partial charge in [0, 0.05) is 30.0 Å². The summed E-state index contributed by atoms with van der Waals surface area (Å²) in [5, 5.41) is 2.74. The van der Waals surface area contributed by atoms with E-state index in [1.54, 1.807) is 23.1 Å². The molecule has 0 atom stereocenters. The second kappa shape index (κ2) is 8.67. The highest BCUT2D eigenvalue weighted by Gasteiger charge is 2.23. The third-order valence-electron chi connectivity index (χ3n) is 4.91. The summed E-state index contributed by atoms with van der Waals surface area (Å²) < 4.78 is 26.2. The van der Waals surface area contributed by atoms with Crippen molar-refractivity contribution in [3.63, 3.8) is 0 Å². The van der Waals surface area contributed by atoms with Crippen LogP contribution in [0.15, 0.2) is 45.8 Å². The summed E-state index contributed by atoms with van der Waals surface area (Å²) in [5.41, 5.74) is 3.27. The number of halogens is 1. The SMILES string of the molecule is CC(=O)N1CCCc2cc(S(=O)(=O)CCC(=O)Nc3ccc(C)cc3Br)ccc21. The first-order valence-electron chi connectivity index (χ1n) is 9.37. The summed E-state index contributed by atoms with van der Waals surface area (Å²) in [6.07, 6.45) is 1.38. The van der Waals surface area contributed by atoms with Gasteiger partial charge in [-0.05, 0) is 77.2 Å². The van der Waals surface area contributed by atoms with Gasteiger partial charge in [0.2, 0.25) is 11.8 Å². The fourth-order valence-electron chi connectivity index (χ4n) is 3.37. The number of nitrogens with zero attached hydrogens (tertiary/aromatic N) is 1. The van der Waals surface area contributed by atoms with Gasteiger partial charge >= 0.3 is 0 Å². The zero-order valence-electron chi connectivity index (χ0n) is 16.4. The number of nitrogens with one attached hydrogen (secondary N) is 1. The highest BCUT2D eigenvalue weighted by Crippen LogP contribution is 2.30. The second-order valence-corrected chi connectivity index (χ2v) is 10.1. The van der Waals surface area contributed by atoms with E-state index >= 15 is 0 Å². The minimum atomic E-state index is -3.61. The summed E-state index contributed by atoms with van der Waals surface area (Å²) in [4.78, 5) is 25.9. The highest BCUT2D eigenvalue weighted by molar-refractivity contribution is 9.10. The number of anilines is 2. The number of sulfone groups is 1. The zero-order chi connectivity index (χ0) is 21.2. The van der Waals surface area contributed by atoms with Crippen molar-refractivity contribution in [1.82, 2.24) is 0 Å². The Bertz CT molecular complexity index is 1070. The van der Waals surface area contributed by atoms with Gasteiger partial charge in [-0.1, -0.05) is 6.07 Å². The van der Waals surface area contributed by atoms with Crippen molar-refractivity contribution in [2.75, 3.05) is 22.5 Å². The summed E-state index contributed by atoms with van der Waals surface area (Å²) in [6.45, 7) is 4.09. The van der Waals surface area contributed by atoms with Crippen molar-refractivity contribution in [3.8, 4) is 0 Å². The lowest BCUT2D eigenvalue weighted by molar-refractivity contribution is -0.117. The molecule has 0 bridgehead atoms. The minimum absolute atomic E-state index is 0.0551. The van der Waals surface area contributed by atoms with Gasteiger partial charge in [0.05, 0.1) is 16.3 Å². The zero-order valence-corrected chi connectivity index (χ0v) is 18.8. The first kappa shape index (κ1) is 21.5. The molecule has 8 heteroatoms. The van der Waals surface area contributed by atoms with E-state index in [-0.39, 0.29) is 28.9 Å². The molecule has 1 heterocycles. The Hall–Kier alpha value is -2.19. The number of rotatable bonds is 5. The number of carbonyl (C=O) groups excluding carboxylic acids is 2. The molecule has 0 aliphatic carbocycles. The predicted octanol–water partition coefficient (Wildman–Crippen LogP) is 3.86. The number of benzene rings is 2. The quantitative estimate of drug-likeness (QED) is 0.706. The Balaban J connectivity index is 1.69. The van der Waals surface area contributed by atoms with Crippen molar-refractivity contribution >= 4 is 49.0 Å². The number of hydrogen-bond donors (Lipinski definition) is 1. The van der Waals surface area contributed by atoms with Crippen LogP contribution in [0, 0.1) is 6.92 Å². The number of amides is 2. The maximum Gasteiger partial charge on any atom is 0.225 e. The molecule has 0 radical (unpaired) electrons. The van der Waals surface area contributed by atoms with Crippen molar-refractivity contribution in [2.45, 2.75) is 38.0 Å². The van der Waals surface area contributed by atoms with E-state index in [4.69, 9.17) is 0 Å². The number of carbonyl (C=O) groups is 2. The molecule has 0 spiro atoms. The minimum Gasteiger partial charge on any atom is -0.325 e. The lowest BCUT2D eigenvalue weighted by Gasteiger charge is -2.28. The van der Waals surface area contributed by atoms with Gasteiger partial charge in [-0.3, -0.25) is 9.59 Å². The van der Waals surface area contributed by atoms with Gasteiger partial charge in [0.25, 0.3) is 0 Å². The first-order chi connectivity index (χ1) is 13.7. The molecule has 29 heavy (non-hydrogen) atoms. The van der Waals surface area contributed by atoms with Gasteiger partial charge < -0.3 is 10.2 Å². The molecule has 154 valence electrons. The van der Waals surface area contributed by atoms with Crippen LogP contribution in [0.25, 0.3) is 0 Å². The molecule has 2 aromatic carbocycles. The predicted molar refractivity (Wildman–Crippen MR) is 117 cm³/mol. The van der Waals surface area contributed by atoms with E-state index in [1.807, 2.05) is 19.1 Å². The summed E-state index contributed by atoms with van der Waals surface area (Å²) in [7, 11) is -3.61. The van der Waals surface area contributed by atoms with Crippen LogP contribution in [0.1, 0.15) is 30.9 Å². The molecule has 0 aromatic heterocycles. The molecule has 2 aromatic rings. The third-order valence-corrected chi connectivity index (χ3v) is 7.28. The number of fused-ring (bicyclic) bond motifs is 1. The first-order valence-corrected chi connectivity index (χ1v) is 11.8. The lowest BCUT2D eigenvalue weighted by atomic mass is 10.0. The molecular formula is C21H23BrN2O4S.